The van der Waals surface area contributed by atoms with E-state index in [1.165, 1.54) is 14.2 Å². The van der Waals surface area contributed by atoms with Gasteiger partial charge in [-0.25, -0.2) is 0 Å². The number of ether oxygens (including phenoxy) is 4. The molecular formula is C18H23ClO6. The monoisotopic (exact) mass is 370 g/mol. The van der Waals surface area contributed by atoms with Crippen molar-refractivity contribution in [3.63, 3.8) is 0 Å². The van der Waals surface area contributed by atoms with Crippen LogP contribution >= 0.6 is 11.6 Å². The van der Waals surface area contributed by atoms with Gasteiger partial charge in [-0.3, -0.25) is 0 Å². The number of halogens is 1. The maximum Gasteiger partial charge on any atom is 0.138 e. The van der Waals surface area contributed by atoms with Gasteiger partial charge in [0.1, 0.15) is 36.9 Å². The first kappa shape index (κ1) is 19.8. The Kier molecular flexibility index (Phi) is 7.74. The van der Waals surface area contributed by atoms with Crippen LogP contribution in [0.2, 0.25) is 5.02 Å². The summed E-state index contributed by atoms with van der Waals surface area (Å²) in [5, 5.41) is 21.5. The normalized spacial score (nSPS) is 13.6. The molecule has 2 rings (SSSR count). The van der Waals surface area contributed by atoms with Crippen LogP contribution in [0.5, 0.6) is 11.5 Å². The summed E-state index contributed by atoms with van der Waals surface area (Å²) >= 11 is 6.42. The molecule has 2 aromatic carbocycles. The third-order valence-corrected chi connectivity index (χ3v) is 3.87. The molecule has 25 heavy (non-hydrogen) atoms. The Morgan fingerprint density at radius 3 is 2.12 bits per heavy atom. The average Bonchev–Trinajstić information content (AvgIpc) is 2.60. The summed E-state index contributed by atoms with van der Waals surface area (Å²) in [4.78, 5) is 0. The SMILES string of the molecule is COCC(O)COc1ccc2ccc(OCC(O)COC)c(Cl)c2c1. The van der Waals surface area contributed by atoms with E-state index in [2.05, 4.69) is 0 Å². The van der Waals surface area contributed by atoms with Crippen molar-refractivity contribution in [2.24, 2.45) is 0 Å². The molecule has 0 saturated heterocycles. The van der Waals surface area contributed by atoms with Crippen LogP contribution in [0.4, 0.5) is 0 Å². The van der Waals surface area contributed by atoms with E-state index < -0.39 is 12.2 Å². The molecule has 138 valence electrons. The number of fused-ring (bicyclic) bond motifs is 1. The summed E-state index contributed by atoms with van der Waals surface area (Å²) in [6.45, 7) is 0.595. The Morgan fingerprint density at radius 1 is 0.880 bits per heavy atom. The van der Waals surface area contributed by atoms with Crippen LogP contribution in [0, 0.1) is 0 Å². The van der Waals surface area contributed by atoms with E-state index in [-0.39, 0.29) is 26.4 Å². The van der Waals surface area contributed by atoms with Gasteiger partial charge >= 0.3 is 0 Å². The zero-order chi connectivity index (χ0) is 18.2. The van der Waals surface area contributed by atoms with Gasteiger partial charge in [0.05, 0.1) is 18.2 Å². The van der Waals surface area contributed by atoms with Crippen LogP contribution in [-0.4, -0.2) is 63.1 Å². The number of aliphatic hydroxyl groups excluding tert-OH is 2. The van der Waals surface area contributed by atoms with Gasteiger partial charge < -0.3 is 29.2 Å². The smallest absolute Gasteiger partial charge is 0.138 e. The van der Waals surface area contributed by atoms with E-state index >= 15 is 0 Å². The molecule has 0 saturated carbocycles. The van der Waals surface area contributed by atoms with Crippen LogP contribution in [0.15, 0.2) is 30.3 Å². The first-order valence-corrected chi connectivity index (χ1v) is 8.24. The Bertz CT molecular complexity index is 673. The molecule has 7 heteroatoms. The molecule has 2 aromatic rings. The summed E-state index contributed by atoms with van der Waals surface area (Å²) in [5.41, 5.74) is 0. The molecule has 0 aliphatic heterocycles. The predicted molar refractivity (Wildman–Crippen MR) is 95.7 cm³/mol. The summed E-state index contributed by atoms with van der Waals surface area (Å²) in [6.07, 6.45) is -1.43. The molecular weight excluding hydrogens is 348 g/mol. The van der Waals surface area contributed by atoms with Gasteiger partial charge in [0, 0.05) is 19.6 Å². The minimum Gasteiger partial charge on any atom is -0.491 e. The van der Waals surface area contributed by atoms with Crippen molar-refractivity contribution in [2.45, 2.75) is 12.2 Å². The van der Waals surface area contributed by atoms with Gasteiger partial charge in [-0.2, -0.15) is 0 Å². The van der Waals surface area contributed by atoms with Gasteiger partial charge in [0.25, 0.3) is 0 Å². The average molecular weight is 371 g/mol. The molecule has 2 unspecified atom stereocenters. The molecule has 0 aliphatic carbocycles. The number of hydrogen-bond donors (Lipinski definition) is 2. The maximum absolute atomic E-state index is 9.68. The first-order valence-electron chi connectivity index (χ1n) is 7.87. The Balaban J connectivity index is 2.11. The highest BCUT2D eigenvalue weighted by Gasteiger charge is 2.11. The quantitative estimate of drug-likeness (QED) is 0.668. The van der Waals surface area contributed by atoms with Crippen molar-refractivity contribution < 1.29 is 29.2 Å². The van der Waals surface area contributed by atoms with Crippen LogP contribution in [-0.2, 0) is 9.47 Å². The molecule has 6 nitrogen and oxygen atoms in total. The molecule has 0 amide bonds. The number of hydrogen-bond acceptors (Lipinski definition) is 6. The van der Waals surface area contributed by atoms with Gasteiger partial charge in [-0.1, -0.05) is 23.7 Å². The lowest BCUT2D eigenvalue weighted by Crippen LogP contribution is -2.22. The van der Waals surface area contributed by atoms with E-state index in [1.807, 2.05) is 12.1 Å². The molecule has 0 fully saturated rings. The first-order chi connectivity index (χ1) is 12.0. The maximum atomic E-state index is 9.68. The van der Waals surface area contributed by atoms with E-state index in [0.29, 0.717) is 16.5 Å². The van der Waals surface area contributed by atoms with Crippen LogP contribution in [0.25, 0.3) is 10.8 Å². The number of methoxy groups -OCH3 is 2. The Hall–Kier alpha value is -1.57. The van der Waals surface area contributed by atoms with Crippen molar-refractivity contribution >= 4 is 22.4 Å². The second-order valence-electron chi connectivity index (χ2n) is 5.60. The van der Waals surface area contributed by atoms with E-state index in [1.54, 1.807) is 18.2 Å². The minimum absolute atomic E-state index is 0.0818. The van der Waals surface area contributed by atoms with Crippen molar-refractivity contribution in [2.75, 3.05) is 40.6 Å². The standard InChI is InChI=1S/C18H23ClO6/c1-22-8-13(20)10-24-15-5-3-12-4-6-17(18(19)16(12)7-15)25-11-14(21)9-23-2/h3-7,13-14,20-21H,8-11H2,1-2H3. The third-order valence-electron chi connectivity index (χ3n) is 3.48. The third kappa shape index (κ3) is 5.73. The molecule has 0 bridgehead atoms. The minimum atomic E-state index is -0.728. The Labute approximate surface area is 151 Å². The molecule has 0 heterocycles. The molecule has 0 aromatic heterocycles. The summed E-state index contributed by atoms with van der Waals surface area (Å²) < 4.78 is 20.9. The van der Waals surface area contributed by atoms with Crippen molar-refractivity contribution in [3.05, 3.63) is 35.4 Å². The highest BCUT2D eigenvalue weighted by Crippen LogP contribution is 2.35. The van der Waals surface area contributed by atoms with Gasteiger partial charge in [-0.15, -0.1) is 0 Å². The second-order valence-corrected chi connectivity index (χ2v) is 5.98. The van der Waals surface area contributed by atoms with Crippen LogP contribution in [0.1, 0.15) is 0 Å². The fourth-order valence-electron chi connectivity index (χ4n) is 2.30. The summed E-state index contributed by atoms with van der Waals surface area (Å²) in [5.74, 6) is 1.06. The zero-order valence-corrected chi connectivity index (χ0v) is 15.0. The lowest BCUT2D eigenvalue weighted by atomic mass is 10.1. The van der Waals surface area contributed by atoms with E-state index in [0.717, 1.165) is 10.8 Å². The van der Waals surface area contributed by atoms with E-state index in [9.17, 15) is 10.2 Å². The van der Waals surface area contributed by atoms with Crippen molar-refractivity contribution in [3.8, 4) is 11.5 Å². The summed E-state index contributed by atoms with van der Waals surface area (Å²) in [6, 6.07) is 9.11. The predicted octanol–water partition coefficient (Wildman–Crippen LogP) is 2.27. The number of rotatable bonds is 10. The van der Waals surface area contributed by atoms with E-state index in [4.69, 9.17) is 30.5 Å². The second kappa shape index (κ2) is 9.79. The highest BCUT2D eigenvalue weighted by molar-refractivity contribution is 6.37. The highest BCUT2D eigenvalue weighted by atomic mass is 35.5. The molecule has 2 atom stereocenters. The van der Waals surface area contributed by atoms with Crippen LogP contribution < -0.4 is 9.47 Å². The van der Waals surface area contributed by atoms with Crippen LogP contribution in [0.3, 0.4) is 0 Å². The fourth-order valence-corrected chi connectivity index (χ4v) is 2.58. The largest absolute Gasteiger partial charge is 0.491 e. The lowest BCUT2D eigenvalue weighted by molar-refractivity contribution is 0.0325. The lowest BCUT2D eigenvalue weighted by Gasteiger charge is -2.15. The molecule has 0 spiro atoms. The fraction of sp³-hybridized carbons (Fsp3) is 0.444. The molecule has 0 radical (unpaired) electrons. The zero-order valence-electron chi connectivity index (χ0n) is 14.3. The van der Waals surface area contributed by atoms with Crippen molar-refractivity contribution in [1.29, 1.82) is 0 Å². The Morgan fingerprint density at radius 2 is 1.48 bits per heavy atom. The molecule has 0 aliphatic rings. The number of benzene rings is 2. The van der Waals surface area contributed by atoms with Crippen molar-refractivity contribution in [1.82, 2.24) is 0 Å². The van der Waals surface area contributed by atoms with Gasteiger partial charge in [-0.05, 0) is 23.6 Å². The van der Waals surface area contributed by atoms with Gasteiger partial charge in [0.15, 0.2) is 0 Å². The molecule has 2 N–H and O–H groups in total. The number of aliphatic hydroxyl groups is 2. The van der Waals surface area contributed by atoms with Gasteiger partial charge in [0.2, 0.25) is 0 Å². The topological polar surface area (TPSA) is 77.4 Å². The summed E-state index contributed by atoms with van der Waals surface area (Å²) in [7, 11) is 3.03.